The molecule has 1 aliphatic rings. The molecule has 0 spiro atoms. The Labute approximate surface area is 147 Å². The number of carbonyl (C=O) groups excluding carboxylic acids is 2. The first-order valence-electron chi connectivity index (χ1n) is 8.40. The second kappa shape index (κ2) is 7.39. The SMILES string of the molecule is CC(C)[C@H](N)C(=O)NCC(=O)NC1CC(C)(C)Oc2cc(F)ccc21. The molecule has 138 valence electrons. The van der Waals surface area contributed by atoms with Crippen molar-refractivity contribution in [3.63, 3.8) is 0 Å². The smallest absolute Gasteiger partial charge is 0.239 e. The molecule has 4 N–H and O–H groups in total. The van der Waals surface area contributed by atoms with Crippen molar-refractivity contribution in [3.05, 3.63) is 29.6 Å². The lowest BCUT2D eigenvalue weighted by Gasteiger charge is -2.37. The van der Waals surface area contributed by atoms with Crippen LogP contribution in [0.5, 0.6) is 5.75 Å². The van der Waals surface area contributed by atoms with Crippen LogP contribution in [-0.2, 0) is 9.59 Å². The average molecular weight is 351 g/mol. The number of nitrogens with two attached hydrogens (primary N) is 1. The van der Waals surface area contributed by atoms with Crippen LogP contribution in [0.2, 0.25) is 0 Å². The summed E-state index contributed by atoms with van der Waals surface area (Å²) in [5, 5.41) is 5.42. The summed E-state index contributed by atoms with van der Waals surface area (Å²) in [4.78, 5) is 24.1. The van der Waals surface area contributed by atoms with Crippen LogP contribution in [0.15, 0.2) is 18.2 Å². The number of hydrogen-bond donors (Lipinski definition) is 3. The molecule has 0 saturated carbocycles. The van der Waals surface area contributed by atoms with Gasteiger partial charge in [0, 0.05) is 18.1 Å². The highest BCUT2D eigenvalue weighted by molar-refractivity contribution is 5.87. The molecule has 6 nitrogen and oxygen atoms in total. The lowest BCUT2D eigenvalue weighted by atomic mass is 9.89. The predicted octanol–water partition coefficient (Wildman–Crippen LogP) is 1.64. The third kappa shape index (κ3) is 4.92. The summed E-state index contributed by atoms with van der Waals surface area (Å²) in [7, 11) is 0. The largest absolute Gasteiger partial charge is 0.487 e. The van der Waals surface area contributed by atoms with E-state index in [1.807, 2.05) is 27.7 Å². The third-order valence-corrected chi connectivity index (χ3v) is 4.21. The Morgan fingerprint density at radius 3 is 2.72 bits per heavy atom. The van der Waals surface area contributed by atoms with Gasteiger partial charge >= 0.3 is 0 Å². The molecule has 1 aromatic carbocycles. The molecule has 2 rings (SSSR count). The second-order valence-electron chi connectivity index (χ2n) is 7.36. The van der Waals surface area contributed by atoms with E-state index in [0.717, 1.165) is 5.56 Å². The number of halogens is 1. The van der Waals surface area contributed by atoms with Gasteiger partial charge < -0.3 is 21.1 Å². The van der Waals surface area contributed by atoms with Crippen LogP contribution in [0.4, 0.5) is 4.39 Å². The number of carbonyl (C=O) groups is 2. The maximum Gasteiger partial charge on any atom is 0.239 e. The molecule has 0 aliphatic carbocycles. The van der Waals surface area contributed by atoms with Gasteiger partial charge in [-0.3, -0.25) is 9.59 Å². The van der Waals surface area contributed by atoms with Crippen molar-refractivity contribution >= 4 is 11.8 Å². The van der Waals surface area contributed by atoms with Crippen molar-refractivity contribution in [2.45, 2.75) is 51.8 Å². The first-order chi connectivity index (χ1) is 11.6. The van der Waals surface area contributed by atoms with Gasteiger partial charge in [-0.15, -0.1) is 0 Å². The zero-order valence-corrected chi connectivity index (χ0v) is 15.1. The molecule has 2 amide bonds. The fourth-order valence-corrected chi connectivity index (χ4v) is 2.79. The van der Waals surface area contributed by atoms with Gasteiger partial charge in [-0.25, -0.2) is 4.39 Å². The van der Waals surface area contributed by atoms with E-state index in [1.54, 1.807) is 6.07 Å². The maximum atomic E-state index is 13.5. The molecule has 0 saturated heterocycles. The molecular weight excluding hydrogens is 325 g/mol. The van der Waals surface area contributed by atoms with Crippen LogP contribution in [-0.4, -0.2) is 30.0 Å². The van der Waals surface area contributed by atoms with Crippen LogP contribution in [0.3, 0.4) is 0 Å². The summed E-state index contributed by atoms with van der Waals surface area (Å²) in [5.41, 5.74) is 5.93. The second-order valence-corrected chi connectivity index (χ2v) is 7.36. The van der Waals surface area contributed by atoms with Crippen LogP contribution in [0.1, 0.15) is 45.7 Å². The lowest BCUT2D eigenvalue weighted by molar-refractivity contribution is -0.127. The summed E-state index contributed by atoms with van der Waals surface area (Å²) < 4.78 is 19.3. The van der Waals surface area contributed by atoms with E-state index in [0.29, 0.717) is 12.2 Å². The molecule has 1 heterocycles. The first-order valence-corrected chi connectivity index (χ1v) is 8.40. The fourth-order valence-electron chi connectivity index (χ4n) is 2.79. The Hall–Kier alpha value is -2.15. The highest BCUT2D eigenvalue weighted by atomic mass is 19.1. The van der Waals surface area contributed by atoms with Crippen LogP contribution >= 0.6 is 0 Å². The van der Waals surface area contributed by atoms with Crippen molar-refractivity contribution in [2.75, 3.05) is 6.54 Å². The van der Waals surface area contributed by atoms with Gasteiger partial charge in [-0.05, 0) is 25.8 Å². The van der Waals surface area contributed by atoms with E-state index in [4.69, 9.17) is 10.5 Å². The van der Waals surface area contributed by atoms with Gasteiger partial charge in [-0.1, -0.05) is 19.9 Å². The highest BCUT2D eigenvalue weighted by Gasteiger charge is 2.34. The van der Waals surface area contributed by atoms with Crippen LogP contribution in [0, 0.1) is 11.7 Å². The Kier molecular flexibility index (Phi) is 5.67. The van der Waals surface area contributed by atoms with Gasteiger partial charge in [0.05, 0.1) is 18.6 Å². The monoisotopic (exact) mass is 351 g/mol. The first kappa shape index (κ1) is 19.2. The number of benzene rings is 1. The van der Waals surface area contributed by atoms with Crippen molar-refractivity contribution in [3.8, 4) is 5.75 Å². The minimum atomic E-state index is -0.654. The average Bonchev–Trinajstić information content (AvgIpc) is 2.50. The van der Waals surface area contributed by atoms with Gasteiger partial charge in [0.1, 0.15) is 17.2 Å². The topological polar surface area (TPSA) is 93.5 Å². The zero-order chi connectivity index (χ0) is 18.8. The third-order valence-electron chi connectivity index (χ3n) is 4.21. The van der Waals surface area contributed by atoms with Crippen LogP contribution < -0.4 is 21.1 Å². The minimum Gasteiger partial charge on any atom is -0.487 e. The molecule has 2 atom stereocenters. The summed E-state index contributed by atoms with van der Waals surface area (Å²) in [5.74, 6) is -0.674. The summed E-state index contributed by atoms with van der Waals surface area (Å²) in [6, 6.07) is 3.29. The summed E-state index contributed by atoms with van der Waals surface area (Å²) >= 11 is 0. The maximum absolute atomic E-state index is 13.5. The Balaban J connectivity index is 2.02. The quantitative estimate of drug-likeness (QED) is 0.752. The Morgan fingerprint density at radius 2 is 2.08 bits per heavy atom. The molecule has 0 fully saturated rings. The highest BCUT2D eigenvalue weighted by Crippen LogP contribution is 2.39. The lowest BCUT2D eigenvalue weighted by Crippen LogP contribution is -2.48. The summed E-state index contributed by atoms with van der Waals surface area (Å²) in [6.45, 7) is 7.27. The van der Waals surface area contributed by atoms with Gasteiger partial charge in [-0.2, -0.15) is 0 Å². The fraction of sp³-hybridized carbons (Fsp3) is 0.556. The molecule has 0 bridgehead atoms. The molecule has 0 radical (unpaired) electrons. The van der Waals surface area contributed by atoms with Crippen molar-refractivity contribution < 1.29 is 18.7 Å². The molecule has 1 aliphatic heterocycles. The zero-order valence-electron chi connectivity index (χ0n) is 15.1. The molecule has 1 unspecified atom stereocenters. The van der Waals surface area contributed by atoms with Gasteiger partial charge in [0.25, 0.3) is 0 Å². The van der Waals surface area contributed by atoms with Gasteiger partial charge in [0.2, 0.25) is 11.8 Å². The van der Waals surface area contributed by atoms with Crippen LogP contribution in [0.25, 0.3) is 0 Å². The summed E-state index contributed by atoms with van der Waals surface area (Å²) in [6.07, 6.45) is 0.539. The number of rotatable bonds is 5. The molecule has 7 heteroatoms. The molecule has 0 aromatic heterocycles. The number of nitrogens with one attached hydrogen (secondary N) is 2. The van der Waals surface area contributed by atoms with E-state index in [-0.39, 0.29) is 30.3 Å². The van der Waals surface area contributed by atoms with Crippen molar-refractivity contribution in [2.24, 2.45) is 11.7 Å². The molecular formula is C18H26FN3O3. The van der Waals surface area contributed by atoms with E-state index in [2.05, 4.69) is 10.6 Å². The number of amides is 2. The molecule has 1 aromatic rings. The Bertz CT molecular complexity index is 661. The molecule has 25 heavy (non-hydrogen) atoms. The number of fused-ring (bicyclic) bond motifs is 1. The van der Waals surface area contributed by atoms with Crippen molar-refractivity contribution in [1.29, 1.82) is 0 Å². The van der Waals surface area contributed by atoms with E-state index in [1.165, 1.54) is 12.1 Å². The van der Waals surface area contributed by atoms with E-state index < -0.39 is 17.5 Å². The minimum absolute atomic E-state index is 0.0128. The standard InChI is InChI=1S/C18H26FN3O3/c1-10(2)16(20)17(24)21-9-15(23)22-13-8-18(3,4)25-14-7-11(19)5-6-12(13)14/h5-7,10,13,16H,8-9,20H2,1-4H3,(H,21,24)(H,22,23)/t13?,16-/m0/s1. The van der Waals surface area contributed by atoms with E-state index >= 15 is 0 Å². The number of hydrogen-bond acceptors (Lipinski definition) is 4. The Morgan fingerprint density at radius 1 is 1.40 bits per heavy atom. The van der Waals surface area contributed by atoms with Crippen molar-refractivity contribution in [1.82, 2.24) is 10.6 Å². The predicted molar refractivity (Wildman–Crippen MR) is 92.4 cm³/mol. The van der Waals surface area contributed by atoms with Gasteiger partial charge in [0.15, 0.2) is 0 Å². The van der Waals surface area contributed by atoms with E-state index in [9.17, 15) is 14.0 Å². The normalized spacial score (nSPS) is 19.6. The number of ether oxygens (including phenoxy) is 1.